The van der Waals surface area contributed by atoms with E-state index in [0.29, 0.717) is 12.8 Å². The van der Waals surface area contributed by atoms with E-state index in [4.69, 9.17) is 9.47 Å². The lowest BCUT2D eigenvalue weighted by Crippen LogP contribution is -2.39. The van der Waals surface area contributed by atoms with Crippen molar-refractivity contribution in [2.24, 2.45) is 11.8 Å². The highest BCUT2D eigenvalue weighted by molar-refractivity contribution is 5.81. The van der Waals surface area contributed by atoms with Crippen molar-refractivity contribution in [1.29, 1.82) is 0 Å². The smallest absolute Gasteiger partial charge is 0.330 e. The predicted octanol–water partition coefficient (Wildman–Crippen LogP) is 1.83. The predicted molar refractivity (Wildman–Crippen MR) is 73.8 cm³/mol. The van der Waals surface area contributed by atoms with Crippen molar-refractivity contribution < 1.29 is 24.2 Å². The fraction of sp³-hybridized carbons (Fsp3) is 0.733. The molecule has 0 heterocycles. The molecule has 0 aromatic heterocycles. The van der Waals surface area contributed by atoms with Crippen molar-refractivity contribution in [3.63, 3.8) is 0 Å². The number of hydrogen-bond acceptors (Lipinski definition) is 5. The van der Waals surface area contributed by atoms with Gasteiger partial charge in [-0.15, -0.1) is 0 Å². The van der Waals surface area contributed by atoms with Gasteiger partial charge in [-0.1, -0.05) is 20.4 Å². The number of carbonyl (C=O) groups excluding carboxylic acids is 2. The summed E-state index contributed by atoms with van der Waals surface area (Å²) in [5, 5.41) is 10.0. The Morgan fingerprint density at radius 3 is 2.70 bits per heavy atom. The van der Waals surface area contributed by atoms with Crippen LogP contribution in [0.25, 0.3) is 0 Å². The molecule has 0 bridgehead atoms. The zero-order chi connectivity index (χ0) is 15.1. The molecule has 1 aliphatic carbocycles. The molecule has 4 atom stereocenters. The van der Waals surface area contributed by atoms with Gasteiger partial charge in [-0.05, 0) is 31.6 Å². The lowest BCUT2D eigenvalue weighted by atomic mass is 9.85. The average Bonchev–Trinajstić information content (AvgIpc) is 2.46. The van der Waals surface area contributed by atoms with Crippen LogP contribution in [0.15, 0.2) is 12.7 Å². The fourth-order valence-corrected chi connectivity index (χ4v) is 2.18. The Kier molecular flexibility index (Phi) is 6.71. The van der Waals surface area contributed by atoms with Crippen LogP contribution in [0.2, 0.25) is 0 Å². The highest BCUT2D eigenvalue weighted by Gasteiger charge is 2.32. The van der Waals surface area contributed by atoms with Crippen LogP contribution in [0.1, 0.15) is 39.5 Å². The normalized spacial score (nSPS) is 27.4. The van der Waals surface area contributed by atoms with Crippen molar-refractivity contribution >= 4 is 11.9 Å². The maximum absolute atomic E-state index is 11.7. The van der Waals surface area contributed by atoms with Crippen LogP contribution in [0.4, 0.5) is 0 Å². The third kappa shape index (κ3) is 4.96. The topological polar surface area (TPSA) is 72.8 Å². The second-order valence-corrected chi connectivity index (χ2v) is 5.37. The SMILES string of the molecule is C=CC(=O)OCC1CCC(OC(=O)C(C)CC)C(O)C1. The molecule has 0 amide bonds. The van der Waals surface area contributed by atoms with E-state index in [0.717, 1.165) is 18.9 Å². The zero-order valence-electron chi connectivity index (χ0n) is 12.2. The Balaban J connectivity index is 2.37. The number of esters is 2. The van der Waals surface area contributed by atoms with Crippen LogP contribution in [0.5, 0.6) is 0 Å². The molecule has 0 aromatic rings. The minimum absolute atomic E-state index is 0.104. The maximum atomic E-state index is 11.7. The molecule has 0 aromatic carbocycles. The van der Waals surface area contributed by atoms with E-state index in [1.807, 2.05) is 13.8 Å². The number of carbonyl (C=O) groups is 2. The van der Waals surface area contributed by atoms with E-state index < -0.39 is 18.2 Å². The molecular weight excluding hydrogens is 260 g/mol. The maximum Gasteiger partial charge on any atom is 0.330 e. The standard InChI is InChI=1S/C15H24O5/c1-4-10(3)15(18)20-13-7-6-11(8-12(13)16)9-19-14(17)5-2/h5,10-13,16H,2,4,6-9H2,1,3H3. The number of rotatable bonds is 6. The first-order valence-electron chi connectivity index (χ1n) is 7.15. The summed E-state index contributed by atoms with van der Waals surface area (Å²) in [7, 11) is 0. The molecule has 5 nitrogen and oxygen atoms in total. The molecule has 0 saturated heterocycles. The number of aliphatic hydroxyl groups is 1. The van der Waals surface area contributed by atoms with Crippen molar-refractivity contribution in [2.45, 2.75) is 51.7 Å². The Morgan fingerprint density at radius 1 is 1.45 bits per heavy atom. The molecule has 1 aliphatic rings. The third-order valence-corrected chi connectivity index (χ3v) is 3.77. The second-order valence-electron chi connectivity index (χ2n) is 5.37. The number of ether oxygens (including phenoxy) is 2. The quantitative estimate of drug-likeness (QED) is 0.595. The summed E-state index contributed by atoms with van der Waals surface area (Å²) in [6, 6.07) is 0. The van der Waals surface area contributed by atoms with Gasteiger partial charge in [0.25, 0.3) is 0 Å². The summed E-state index contributed by atoms with van der Waals surface area (Å²) < 4.78 is 10.3. The molecule has 4 unspecified atom stereocenters. The molecule has 0 aliphatic heterocycles. The Bertz CT molecular complexity index is 352. The molecule has 0 radical (unpaired) electrons. The summed E-state index contributed by atoms with van der Waals surface area (Å²) in [6.07, 6.45) is 2.55. The van der Waals surface area contributed by atoms with Crippen LogP contribution in [-0.4, -0.2) is 35.9 Å². The van der Waals surface area contributed by atoms with Crippen molar-refractivity contribution in [1.82, 2.24) is 0 Å². The van der Waals surface area contributed by atoms with Crippen molar-refractivity contribution in [3.05, 3.63) is 12.7 Å². The molecule has 5 heteroatoms. The molecule has 1 rings (SSSR count). The van der Waals surface area contributed by atoms with E-state index in [-0.39, 0.29) is 24.4 Å². The Labute approximate surface area is 119 Å². The first-order valence-corrected chi connectivity index (χ1v) is 7.15. The lowest BCUT2D eigenvalue weighted by molar-refractivity contribution is -0.164. The van der Waals surface area contributed by atoms with E-state index in [9.17, 15) is 14.7 Å². The first-order chi connectivity index (χ1) is 9.47. The van der Waals surface area contributed by atoms with Crippen LogP contribution in [-0.2, 0) is 19.1 Å². The van der Waals surface area contributed by atoms with Gasteiger partial charge in [0.1, 0.15) is 6.10 Å². The highest BCUT2D eigenvalue weighted by Crippen LogP contribution is 2.27. The summed E-state index contributed by atoms with van der Waals surface area (Å²) >= 11 is 0. The minimum atomic E-state index is -0.691. The fourth-order valence-electron chi connectivity index (χ4n) is 2.18. The number of hydrogen-bond donors (Lipinski definition) is 1. The third-order valence-electron chi connectivity index (χ3n) is 3.77. The largest absolute Gasteiger partial charge is 0.462 e. The van der Waals surface area contributed by atoms with Gasteiger partial charge in [0, 0.05) is 6.08 Å². The molecule has 114 valence electrons. The Morgan fingerprint density at radius 2 is 2.15 bits per heavy atom. The van der Waals surface area contributed by atoms with E-state index >= 15 is 0 Å². The van der Waals surface area contributed by atoms with Gasteiger partial charge in [0.05, 0.1) is 18.6 Å². The van der Waals surface area contributed by atoms with Gasteiger partial charge in [-0.3, -0.25) is 4.79 Å². The van der Waals surface area contributed by atoms with Crippen LogP contribution in [0, 0.1) is 11.8 Å². The first kappa shape index (κ1) is 16.7. The monoisotopic (exact) mass is 284 g/mol. The van der Waals surface area contributed by atoms with Crippen molar-refractivity contribution in [2.75, 3.05) is 6.61 Å². The van der Waals surface area contributed by atoms with Gasteiger partial charge in [0.15, 0.2) is 0 Å². The van der Waals surface area contributed by atoms with Crippen LogP contribution < -0.4 is 0 Å². The average molecular weight is 284 g/mol. The minimum Gasteiger partial charge on any atom is -0.462 e. The van der Waals surface area contributed by atoms with E-state index in [1.165, 1.54) is 0 Å². The van der Waals surface area contributed by atoms with Crippen LogP contribution in [0.3, 0.4) is 0 Å². The highest BCUT2D eigenvalue weighted by atomic mass is 16.6. The lowest BCUT2D eigenvalue weighted by Gasteiger charge is -2.32. The van der Waals surface area contributed by atoms with Gasteiger partial charge in [-0.2, -0.15) is 0 Å². The van der Waals surface area contributed by atoms with E-state index in [1.54, 1.807) is 0 Å². The Hall–Kier alpha value is -1.36. The summed E-state index contributed by atoms with van der Waals surface area (Å²) in [5.41, 5.74) is 0. The second kappa shape index (κ2) is 8.04. The zero-order valence-corrected chi connectivity index (χ0v) is 12.2. The van der Waals surface area contributed by atoms with Gasteiger partial charge >= 0.3 is 11.9 Å². The van der Waals surface area contributed by atoms with E-state index in [2.05, 4.69) is 6.58 Å². The van der Waals surface area contributed by atoms with Gasteiger partial charge < -0.3 is 14.6 Å². The summed E-state index contributed by atoms with van der Waals surface area (Å²) in [4.78, 5) is 22.7. The molecular formula is C15H24O5. The summed E-state index contributed by atoms with van der Waals surface area (Å²) in [6.45, 7) is 7.34. The molecule has 1 N–H and O–H groups in total. The molecule has 1 saturated carbocycles. The summed E-state index contributed by atoms with van der Waals surface area (Å²) in [5.74, 6) is -0.751. The number of aliphatic hydroxyl groups excluding tert-OH is 1. The molecule has 20 heavy (non-hydrogen) atoms. The molecule has 1 fully saturated rings. The van der Waals surface area contributed by atoms with Crippen molar-refractivity contribution in [3.8, 4) is 0 Å². The van der Waals surface area contributed by atoms with Gasteiger partial charge in [0.2, 0.25) is 0 Å². The van der Waals surface area contributed by atoms with Crippen LogP contribution >= 0.6 is 0 Å². The van der Waals surface area contributed by atoms with Gasteiger partial charge in [-0.25, -0.2) is 4.79 Å². The molecule has 0 spiro atoms.